The molecule has 0 aliphatic carbocycles. The highest BCUT2D eigenvalue weighted by Crippen LogP contribution is 2.41. The van der Waals surface area contributed by atoms with Gasteiger partial charge in [-0.3, -0.25) is 0 Å². The predicted molar refractivity (Wildman–Crippen MR) is 67.3 cm³/mol. The zero-order chi connectivity index (χ0) is 9.90. The molecule has 4 N–H and O–H groups in total. The van der Waals surface area contributed by atoms with Gasteiger partial charge in [0, 0.05) is 11.5 Å². The summed E-state index contributed by atoms with van der Waals surface area (Å²) in [6.07, 6.45) is -1.54. The first-order chi connectivity index (χ1) is 6.02. The van der Waals surface area contributed by atoms with Gasteiger partial charge in [-0.2, -0.15) is 0 Å². The maximum atomic E-state index is 10.1. The van der Waals surface area contributed by atoms with Gasteiger partial charge in [0.1, 0.15) is 0 Å². The van der Waals surface area contributed by atoms with Crippen LogP contribution in [0, 0.1) is 5.92 Å². The molecular formula is C10H18NOPS. The lowest BCUT2D eigenvalue weighted by atomic mass is 10.3. The molecule has 1 aromatic carbocycles. The van der Waals surface area contributed by atoms with Crippen LogP contribution in [0.25, 0.3) is 0 Å². The van der Waals surface area contributed by atoms with E-state index in [2.05, 4.69) is 13.8 Å². The molecule has 1 rings (SSSR count). The molecular weight excluding hydrogens is 213 g/mol. The summed E-state index contributed by atoms with van der Waals surface area (Å²) in [4.78, 5) is 10.1. The zero-order valence-electron chi connectivity index (χ0n) is 8.68. The van der Waals surface area contributed by atoms with Gasteiger partial charge in [0.2, 0.25) is 0 Å². The maximum absolute atomic E-state index is 10.1. The van der Waals surface area contributed by atoms with E-state index in [-0.39, 0.29) is 6.15 Å². The van der Waals surface area contributed by atoms with Crippen LogP contribution in [0.1, 0.15) is 13.8 Å². The molecule has 1 unspecified atom stereocenters. The molecule has 0 spiro atoms. The Labute approximate surface area is 91.0 Å². The van der Waals surface area contributed by atoms with Crippen molar-refractivity contribution in [1.29, 1.82) is 0 Å². The molecule has 2 nitrogen and oxygen atoms in total. The Kier molecular flexibility index (Phi) is 5.53. The molecule has 0 amide bonds. The Morgan fingerprint density at radius 2 is 1.79 bits per heavy atom. The summed E-state index contributed by atoms with van der Waals surface area (Å²) in [6.45, 7) is 4.17. The summed E-state index contributed by atoms with van der Waals surface area (Å²) in [5.74, 6) is 0.455. The first-order valence-electron chi connectivity index (χ1n) is 4.40. The Morgan fingerprint density at radius 1 is 1.29 bits per heavy atom. The van der Waals surface area contributed by atoms with Gasteiger partial charge in [-0.25, -0.2) is 0 Å². The monoisotopic (exact) mass is 231 g/mol. The standard InChI is InChI=1S/C10H15OPS.H3N/c1-9(2)8-12(11,13)10-6-4-3-5-7-10;/h3-7,9H,8H2,1-2H3,(H,11,13);1H3. The lowest BCUT2D eigenvalue weighted by molar-refractivity contribution is 0.611. The summed E-state index contributed by atoms with van der Waals surface area (Å²) in [5, 5.41) is 0.929. The van der Waals surface area contributed by atoms with Crippen molar-refractivity contribution in [1.82, 2.24) is 6.15 Å². The highest BCUT2D eigenvalue weighted by molar-refractivity contribution is 8.15. The number of hydrogen-bond acceptors (Lipinski definition) is 2. The molecule has 0 saturated carbocycles. The van der Waals surface area contributed by atoms with Crippen molar-refractivity contribution in [3.63, 3.8) is 0 Å². The second-order valence-electron chi connectivity index (χ2n) is 3.61. The van der Waals surface area contributed by atoms with Crippen LogP contribution < -0.4 is 11.5 Å². The number of hydrogen-bond donors (Lipinski definition) is 2. The summed E-state index contributed by atoms with van der Waals surface area (Å²) in [7, 11) is 0. The van der Waals surface area contributed by atoms with Crippen LogP contribution in [0.4, 0.5) is 0 Å². The van der Waals surface area contributed by atoms with E-state index in [0.29, 0.717) is 5.92 Å². The van der Waals surface area contributed by atoms with E-state index in [1.54, 1.807) is 0 Å². The normalized spacial score (nSPS) is 14.6. The fraction of sp³-hybridized carbons (Fsp3) is 0.400. The van der Waals surface area contributed by atoms with Crippen LogP contribution in [0.15, 0.2) is 30.3 Å². The summed E-state index contributed by atoms with van der Waals surface area (Å²) < 4.78 is 0. The van der Waals surface area contributed by atoms with Crippen LogP contribution in [-0.2, 0) is 11.8 Å². The number of benzene rings is 1. The van der Waals surface area contributed by atoms with Crippen LogP contribution in [0.5, 0.6) is 0 Å². The van der Waals surface area contributed by atoms with Gasteiger partial charge in [0.05, 0.1) is 6.26 Å². The average molecular weight is 231 g/mol. The molecule has 0 aliphatic rings. The highest BCUT2D eigenvalue weighted by Gasteiger charge is 2.16. The third-order valence-corrected chi connectivity index (χ3v) is 5.18. The Bertz CT molecular complexity index is 313. The van der Waals surface area contributed by atoms with Crippen LogP contribution in [0.3, 0.4) is 0 Å². The molecule has 0 bridgehead atoms. The van der Waals surface area contributed by atoms with Gasteiger partial charge < -0.3 is 11.0 Å². The lowest BCUT2D eigenvalue weighted by Gasteiger charge is -2.17. The summed E-state index contributed by atoms with van der Waals surface area (Å²) in [6, 6.07) is 9.63. The van der Waals surface area contributed by atoms with E-state index in [1.165, 1.54) is 0 Å². The topological polar surface area (TPSA) is 55.2 Å². The fourth-order valence-electron chi connectivity index (χ4n) is 1.26. The van der Waals surface area contributed by atoms with Gasteiger partial charge in [0.15, 0.2) is 0 Å². The van der Waals surface area contributed by atoms with Crippen molar-refractivity contribution in [2.24, 2.45) is 5.92 Å². The van der Waals surface area contributed by atoms with E-state index >= 15 is 0 Å². The fourth-order valence-corrected chi connectivity index (χ4v) is 4.36. The first-order valence-corrected chi connectivity index (χ1v) is 7.34. The smallest absolute Gasteiger partial charge is 0.0916 e. The van der Waals surface area contributed by atoms with Gasteiger partial charge >= 0.3 is 0 Å². The maximum Gasteiger partial charge on any atom is 0.0916 e. The van der Waals surface area contributed by atoms with Crippen LogP contribution >= 0.6 is 6.26 Å². The third kappa shape index (κ3) is 3.89. The second kappa shape index (κ2) is 5.62. The van der Waals surface area contributed by atoms with E-state index in [1.807, 2.05) is 30.3 Å². The zero-order valence-corrected chi connectivity index (χ0v) is 10.4. The SMILES string of the molecule is CC(C)CP(O)(=S)c1ccccc1.N. The Morgan fingerprint density at radius 3 is 2.21 bits per heavy atom. The molecule has 4 heteroatoms. The predicted octanol–water partition coefficient (Wildman–Crippen LogP) is 2.52. The van der Waals surface area contributed by atoms with Crippen molar-refractivity contribution < 1.29 is 4.89 Å². The summed E-state index contributed by atoms with van der Waals surface area (Å²) >= 11 is 5.25. The van der Waals surface area contributed by atoms with Crippen molar-refractivity contribution >= 4 is 23.4 Å². The molecule has 0 fully saturated rings. The second-order valence-corrected chi connectivity index (χ2v) is 7.71. The van der Waals surface area contributed by atoms with Gasteiger partial charge in [-0.05, 0) is 5.92 Å². The molecule has 80 valence electrons. The van der Waals surface area contributed by atoms with Gasteiger partial charge in [-0.1, -0.05) is 56.0 Å². The van der Waals surface area contributed by atoms with E-state index in [0.717, 1.165) is 11.5 Å². The molecule has 0 saturated heterocycles. The molecule has 0 aromatic heterocycles. The van der Waals surface area contributed by atoms with Crippen molar-refractivity contribution in [3.05, 3.63) is 30.3 Å². The highest BCUT2D eigenvalue weighted by atomic mass is 32.4. The van der Waals surface area contributed by atoms with E-state index < -0.39 is 6.26 Å². The van der Waals surface area contributed by atoms with E-state index in [4.69, 9.17) is 11.8 Å². The van der Waals surface area contributed by atoms with Crippen molar-refractivity contribution in [2.75, 3.05) is 6.16 Å². The number of rotatable bonds is 3. The minimum atomic E-state index is -2.27. The molecule has 14 heavy (non-hydrogen) atoms. The lowest BCUT2D eigenvalue weighted by Crippen LogP contribution is -2.09. The van der Waals surface area contributed by atoms with E-state index in [9.17, 15) is 4.89 Å². The average Bonchev–Trinajstić information content (AvgIpc) is 2.04. The first kappa shape index (κ1) is 13.8. The molecule has 0 heterocycles. The van der Waals surface area contributed by atoms with Crippen LogP contribution in [-0.4, -0.2) is 11.1 Å². The summed E-state index contributed by atoms with van der Waals surface area (Å²) in [5.41, 5.74) is 0. The van der Waals surface area contributed by atoms with Crippen molar-refractivity contribution in [3.8, 4) is 0 Å². The van der Waals surface area contributed by atoms with Crippen LogP contribution in [0.2, 0.25) is 0 Å². The van der Waals surface area contributed by atoms with Gasteiger partial charge in [0.25, 0.3) is 0 Å². The molecule has 1 aromatic rings. The third-order valence-electron chi connectivity index (χ3n) is 1.77. The Hall–Kier alpha value is -0.210. The quantitative estimate of drug-likeness (QED) is 0.786. The Balaban J connectivity index is 0.00000169. The largest absolute Gasteiger partial charge is 0.361 e. The minimum absolute atomic E-state index is 0. The minimum Gasteiger partial charge on any atom is -0.361 e. The molecule has 0 aliphatic heterocycles. The van der Waals surface area contributed by atoms with Crippen molar-refractivity contribution in [2.45, 2.75) is 13.8 Å². The molecule has 1 atom stereocenters. The van der Waals surface area contributed by atoms with Gasteiger partial charge in [-0.15, -0.1) is 0 Å². The molecule has 0 radical (unpaired) electrons.